The molecule has 1 aliphatic heterocycles. The van der Waals surface area contributed by atoms with E-state index in [9.17, 15) is 18.3 Å². The molecule has 11 nitrogen and oxygen atoms in total. The lowest BCUT2D eigenvalue weighted by molar-refractivity contribution is -0.144. The average Bonchev–Trinajstić information content (AvgIpc) is 2.85. The van der Waals surface area contributed by atoms with Crippen LogP contribution in [0.15, 0.2) is 0 Å². The summed E-state index contributed by atoms with van der Waals surface area (Å²) in [5, 5.41) is 35.9. The molecule has 0 aromatic carbocycles. The lowest BCUT2D eigenvalue weighted by Crippen LogP contribution is -2.56. The number of nitrogens with two attached hydrogens (primary N) is 2. The van der Waals surface area contributed by atoms with Gasteiger partial charge < -0.3 is 26.6 Å². The standard InChI is InChI=1S/C12H24BN5O6S/c1-8(10(15)5-14)17-25(23,24)18-6-9(3-2-4-13(21)22)12(16,7-18)11(19)20/h8-10,17,21-22H,2-4,6-7,15-16H2,1H3,(H,19,20)/t8-,9+,10+,12+/m1/s1. The van der Waals surface area contributed by atoms with Crippen molar-refractivity contribution in [3.8, 4) is 6.07 Å². The Morgan fingerprint density at radius 2 is 2.16 bits per heavy atom. The van der Waals surface area contributed by atoms with Crippen LogP contribution in [-0.4, -0.2) is 71.7 Å². The lowest BCUT2D eigenvalue weighted by Gasteiger charge is -2.25. The Morgan fingerprint density at radius 1 is 1.56 bits per heavy atom. The molecule has 8 N–H and O–H groups in total. The van der Waals surface area contributed by atoms with Crippen molar-refractivity contribution >= 4 is 23.3 Å². The van der Waals surface area contributed by atoms with Crippen molar-refractivity contribution in [1.29, 1.82) is 5.26 Å². The number of hydrogen-bond donors (Lipinski definition) is 6. The molecule has 25 heavy (non-hydrogen) atoms. The zero-order valence-corrected chi connectivity index (χ0v) is 14.7. The first-order chi connectivity index (χ1) is 11.4. The van der Waals surface area contributed by atoms with Gasteiger partial charge >= 0.3 is 13.1 Å². The van der Waals surface area contributed by atoms with Gasteiger partial charge in [0.15, 0.2) is 0 Å². The molecule has 0 radical (unpaired) electrons. The highest BCUT2D eigenvalue weighted by Crippen LogP contribution is 2.31. The molecule has 1 saturated heterocycles. The number of rotatable bonds is 9. The van der Waals surface area contributed by atoms with Crippen LogP contribution in [0.25, 0.3) is 0 Å². The summed E-state index contributed by atoms with van der Waals surface area (Å²) in [6.07, 6.45) is 0.538. The van der Waals surface area contributed by atoms with Crippen LogP contribution < -0.4 is 16.2 Å². The first kappa shape index (κ1) is 21.8. The monoisotopic (exact) mass is 377 g/mol. The molecular formula is C12H24BN5O6S. The molecule has 1 rings (SSSR count). The van der Waals surface area contributed by atoms with Crippen molar-refractivity contribution < 1.29 is 28.4 Å². The van der Waals surface area contributed by atoms with Crippen LogP contribution in [0, 0.1) is 17.2 Å². The summed E-state index contributed by atoms with van der Waals surface area (Å²) in [4.78, 5) is 11.6. The van der Waals surface area contributed by atoms with Crippen LogP contribution in [0.5, 0.6) is 0 Å². The molecule has 0 saturated carbocycles. The number of aliphatic carboxylic acids is 1. The van der Waals surface area contributed by atoms with Crippen LogP contribution in [0.3, 0.4) is 0 Å². The summed E-state index contributed by atoms with van der Waals surface area (Å²) < 4.78 is 28.0. The van der Waals surface area contributed by atoms with Gasteiger partial charge in [-0.25, -0.2) is 0 Å². The zero-order chi connectivity index (χ0) is 19.4. The minimum Gasteiger partial charge on any atom is -0.480 e. The quantitative estimate of drug-likeness (QED) is 0.227. The molecule has 1 heterocycles. The number of hydrogen-bond acceptors (Lipinski definition) is 8. The van der Waals surface area contributed by atoms with Gasteiger partial charge in [-0.15, -0.1) is 0 Å². The highest BCUT2D eigenvalue weighted by molar-refractivity contribution is 7.87. The van der Waals surface area contributed by atoms with E-state index in [4.69, 9.17) is 26.8 Å². The Labute approximate surface area is 146 Å². The van der Waals surface area contributed by atoms with Gasteiger partial charge in [0.2, 0.25) is 0 Å². The van der Waals surface area contributed by atoms with E-state index < -0.39 is 53.4 Å². The fourth-order valence-electron chi connectivity index (χ4n) is 2.71. The van der Waals surface area contributed by atoms with E-state index in [0.717, 1.165) is 4.31 Å². The normalized spacial score (nSPS) is 26.8. The van der Waals surface area contributed by atoms with Crippen molar-refractivity contribution in [2.45, 2.75) is 43.7 Å². The van der Waals surface area contributed by atoms with Crippen LogP contribution in [0.2, 0.25) is 6.32 Å². The Bertz CT molecular complexity index is 626. The second-order valence-electron chi connectivity index (χ2n) is 6.31. The third kappa shape index (κ3) is 5.35. The lowest BCUT2D eigenvalue weighted by atomic mass is 9.78. The van der Waals surface area contributed by atoms with Gasteiger partial charge in [0.05, 0.1) is 6.07 Å². The summed E-state index contributed by atoms with van der Waals surface area (Å²) in [5.41, 5.74) is 9.62. The number of carbonyl (C=O) groups is 1. The van der Waals surface area contributed by atoms with Gasteiger partial charge in [-0.1, -0.05) is 6.42 Å². The molecule has 1 aliphatic rings. The SMILES string of the molecule is C[C@@H](NS(=O)(=O)N1C[C@H](CCCB(O)O)[C@](N)(C(=O)O)C1)[C@@H](N)C#N. The van der Waals surface area contributed by atoms with E-state index in [1.54, 1.807) is 6.07 Å². The summed E-state index contributed by atoms with van der Waals surface area (Å²) in [6.45, 7) is 0.862. The number of carboxylic acids is 1. The number of nitrogens with one attached hydrogen (secondary N) is 1. The summed E-state index contributed by atoms with van der Waals surface area (Å²) in [6, 6.07) is -0.194. The van der Waals surface area contributed by atoms with Crippen LogP contribution in [0.4, 0.5) is 0 Å². The Morgan fingerprint density at radius 3 is 2.64 bits per heavy atom. The molecule has 0 amide bonds. The molecule has 13 heteroatoms. The molecule has 0 aromatic heterocycles. The molecule has 142 valence electrons. The average molecular weight is 377 g/mol. The maximum absolute atomic E-state index is 12.4. The van der Waals surface area contributed by atoms with Crippen LogP contribution in [-0.2, 0) is 15.0 Å². The molecule has 0 aromatic rings. The predicted molar refractivity (Wildman–Crippen MR) is 89.0 cm³/mol. The van der Waals surface area contributed by atoms with Crippen molar-refractivity contribution in [2.75, 3.05) is 13.1 Å². The maximum Gasteiger partial charge on any atom is 0.451 e. The molecule has 4 atom stereocenters. The van der Waals surface area contributed by atoms with E-state index in [1.807, 2.05) is 0 Å². The highest BCUT2D eigenvalue weighted by Gasteiger charge is 2.52. The van der Waals surface area contributed by atoms with Crippen LogP contribution in [0.1, 0.15) is 19.8 Å². The third-order valence-corrected chi connectivity index (χ3v) is 5.99. The predicted octanol–water partition coefficient (Wildman–Crippen LogP) is -2.97. The van der Waals surface area contributed by atoms with Crippen LogP contribution >= 0.6 is 0 Å². The van der Waals surface area contributed by atoms with Gasteiger partial charge in [0.25, 0.3) is 10.2 Å². The van der Waals surface area contributed by atoms with E-state index in [0.29, 0.717) is 0 Å². The van der Waals surface area contributed by atoms with Gasteiger partial charge in [-0.05, 0) is 19.7 Å². The summed E-state index contributed by atoms with van der Waals surface area (Å²) in [5.74, 6) is -2.03. The minimum absolute atomic E-state index is 0.0330. The smallest absolute Gasteiger partial charge is 0.451 e. The Hall–Kier alpha value is -1.27. The first-order valence-electron chi connectivity index (χ1n) is 7.75. The largest absolute Gasteiger partial charge is 0.480 e. The third-order valence-electron chi connectivity index (χ3n) is 4.37. The number of nitrogens with zero attached hydrogens (tertiary/aromatic N) is 2. The molecule has 0 spiro atoms. The number of carboxylic acid groups (broad SMARTS) is 1. The first-order valence-corrected chi connectivity index (χ1v) is 9.19. The topological polar surface area (TPSA) is 203 Å². The van der Waals surface area contributed by atoms with Crippen molar-refractivity contribution in [3.05, 3.63) is 0 Å². The summed E-state index contributed by atoms with van der Waals surface area (Å²) in [7, 11) is -5.60. The van der Waals surface area contributed by atoms with Crippen molar-refractivity contribution in [3.63, 3.8) is 0 Å². The molecule has 1 fully saturated rings. The fourth-order valence-corrected chi connectivity index (χ4v) is 4.24. The van der Waals surface area contributed by atoms with E-state index >= 15 is 0 Å². The Kier molecular flexibility index (Phi) is 7.33. The minimum atomic E-state index is -4.08. The van der Waals surface area contributed by atoms with Gasteiger partial charge in [-0.2, -0.15) is 22.7 Å². The maximum atomic E-state index is 12.4. The van der Waals surface area contributed by atoms with Gasteiger partial charge in [0.1, 0.15) is 11.6 Å². The zero-order valence-electron chi connectivity index (χ0n) is 13.9. The second-order valence-corrected chi connectivity index (χ2v) is 8.02. The fraction of sp³-hybridized carbons (Fsp3) is 0.833. The number of nitriles is 1. The molecule has 0 bridgehead atoms. The molecule has 0 unspecified atom stereocenters. The van der Waals surface area contributed by atoms with Crippen molar-refractivity contribution in [2.24, 2.45) is 17.4 Å². The van der Waals surface area contributed by atoms with Gasteiger partial charge in [0, 0.05) is 25.0 Å². The van der Waals surface area contributed by atoms with Crippen molar-refractivity contribution in [1.82, 2.24) is 9.03 Å². The highest BCUT2D eigenvalue weighted by atomic mass is 32.2. The second kappa shape index (κ2) is 8.41. The van der Waals surface area contributed by atoms with E-state index in [-0.39, 0.29) is 25.7 Å². The molecular weight excluding hydrogens is 353 g/mol. The van der Waals surface area contributed by atoms with Gasteiger partial charge in [-0.3, -0.25) is 4.79 Å². The van der Waals surface area contributed by atoms with E-state index in [1.165, 1.54) is 6.92 Å². The summed E-state index contributed by atoms with van der Waals surface area (Å²) >= 11 is 0. The van der Waals surface area contributed by atoms with E-state index in [2.05, 4.69) is 4.72 Å². The Balaban J connectivity index is 2.89. The molecule has 0 aliphatic carbocycles.